The van der Waals surface area contributed by atoms with Gasteiger partial charge in [-0.2, -0.15) is 4.98 Å². The third kappa shape index (κ3) is 3.28. The predicted octanol–water partition coefficient (Wildman–Crippen LogP) is 1.30. The fourth-order valence-electron chi connectivity index (χ4n) is 1.06. The van der Waals surface area contributed by atoms with Crippen molar-refractivity contribution >= 4 is 0 Å². The van der Waals surface area contributed by atoms with E-state index in [9.17, 15) is 0 Å². The maximum atomic E-state index is 5.91. The van der Waals surface area contributed by atoms with Crippen LogP contribution in [0.5, 0.6) is 0 Å². The molecule has 0 amide bonds. The number of nitrogens with zero attached hydrogens (tertiary/aromatic N) is 2. The monoisotopic (exact) mass is 213 g/mol. The van der Waals surface area contributed by atoms with Gasteiger partial charge in [0.25, 0.3) is 0 Å². The minimum Gasteiger partial charge on any atom is -0.374 e. The van der Waals surface area contributed by atoms with Crippen LogP contribution in [0.25, 0.3) is 0 Å². The zero-order valence-corrected chi connectivity index (χ0v) is 9.73. The van der Waals surface area contributed by atoms with Crippen LogP contribution in [-0.2, 0) is 11.2 Å². The van der Waals surface area contributed by atoms with Crippen LogP contribution in [0.4, 0.5) is 0 Å². The van der Waals surface area contributed by atoms with Gasteiger partial charge in [-0.15, -0.1) is 0 Å². The van der Waals surface area contributed by atoms with E-state index in [0.717, 1.165) is 0 Å². The van der Waals surface area contributed by atoms with Gasteiger partial charge in [0.05, 0.1) is 0 Å². The number of ether oxygens (including phenoxy) is 1. The van der Waals surface area contributed by atoms with Crippen LogP contribution in [-0.4, -0.2) is 23.3 Å². The highest BCUT2D eigenvalue weighted by Gasteiger charge is 2.16. The molecule has 0 fully saturated rings. The van der Waals surface area contributed by atoms with Crippen molar-refractivity contribution in [3.8, 4) is 0 Å². The molecule has 5 heteroatoms. The topological polar surface area (TPSA) is 74.2 Å². The number of rotatable bonds is 5. The Hall–Kier alpha value is -0.940. The molecule has 1 rings (SSSR count). The van der Waals surface area contributed by atoms with Crippen LogP contribution in [0.3, 0.4) is 0 Å². The van der Waals surface area contributed by atoms with Crippen LogP contribution < -0.4 is 5.73 Å². The Morgan fingerprint density at radius 1 is 1.40 bits per heavy atom. The quantitative estimate of drug-likeness (QED) is 0.798. The average Bonchev–Trinajstić information content (AvgIpc) is 2.65. The highest BCUT2D eigenvalue weighted by Crippen LogP contribution is 2.13. The van der Waals surface area contributed by atoms with E-state index in [1.165, 1.54) is 0 Å². The second-order valence-corrected chi connectivity index (χ2v) is 4.04. The molecule has 0 aliphatic heterocycles. The Kier molecular flexibility index (Phi) is 4.23. The highest BCUT2D eigenvalue weighted by molar-refractivity contribution is 4.92. The molecule has 0 spiro atoms. The lowest BCUT2D eigenvalue weighted by atomic mass is 10.0. The molecular formula is C10H19N3O2. The van der Waals surface area contributed by atoms with Gasteiger partial charge in [0, 0.05) is 19.6 Å². The number of nitrogens with two attached hydrogens (primary N) is 1. The van der Waals surface area contributed by atoms with Gasteiger partial charge in [-0.1, -0.05) is 19.0 Å². The number of aromatic nitrogens is 2. The molecule has 5 nitrogen and oxygen atoms in total. The zero-order valence-electron chi connectivity index (χ0n) is 9.73. The third-order valence-corrected chi connectivity index (χ3v) is 2.47. The van der Waals surface area contributed by atoms with Crippen molar-refractivity contribution < 1.29 is 9.26 Å². The maximum absolute atomic E-state index is 5.91. The van der Waals surface area contributed by atoms with Crippen LogP contribution in [0, 0.1) is 5.92 Å². The van der Waals surface area contributed by atoms with Crippen molar-refractivity contribution in [2.24, 2.45) is 11.7 Å². The molecule has 2 unspecified atom stereocenters. The lowest BCUT2D eigenvalue weighted by molar-refractivity contribution is 0.109. The average molecular weight is 213 g/mol. The van der Waals surface area contributed by atoms with Gasteiger partial charge < -0.3 is 15.0 Å². The summed E-state index contributed by atoms with van der Waals surface area (Å²) in [6, 6.07) is 0.0520. The van der Waals surface area contributed by atoms with E-state index in [4.69, 9.17) is 15.0 Å². The van der Waals surface area contributed by atoms with Crippen LogP contribution >= 0.6 is 0 Å². The van der Waals surface area contributed by atoms with E-state index >= 15 is 0 Å². The first-order valence-corrected chi connectivity index (χ1v) is 5.15. The Bertz CT molecular complexity index is 299. The largest absolute Gasteiger partial charge is 0.374 e. The van der Waals surface area contributed by atoms with E-state index in [1.54, 1.807) is 7.11 Å². The molecule has 86 valence electrons. The van der Waals surface area contributed by atoms with Gasteiger partial charge in [0.1, 0.15) is 6.10 Å². The first kappa shape index (κ1) is 12.1. The summed E-state index contributed by atoms with van der Waals surface area (Å²) < 4.78 is 10.2. The van der Waals surface area contributed by atoms with Crippen molar-refractivity contribution in [3.05, 3.63) is 11.7 Å². The summed E-state index contributed by atoms with van der Waals surface area (Å²) in [5.74, 6) is 1.55. The van der Waals surface area contributed by atoms with Crippen molar-refractivity contribution in [1.29, 1.82) is 0 Å². The predicted molar refractivity (Wildman–Crippen MR) is 56.2 cm³/mol. The van der Waals surface area contributed by atoms with Crippen molar-refractivity contribution in [3.63, 3.8) is 0 Å². The standard InChI is InChI=1S/C10H19N3O2/c1-6(2)8(11)5-9-12-10(13-15-9)7(3)14-4/h6-8H,5,11H2,1-4H3. The first-order chi connectivity index (χ1) is 7.04. The summed E-state index contributed by atoms with van der Waals surface area (Å²) in [7, 11) is 1.61. The van der Waals surface area contributed by atoms with E-state index in [2.05, 4.69) is 24.0 Å². The summed E-state index contributed by atoms with van der Waals surface area (Å²) in [5, 5.41) is 3.83. The number of hydrogen-bond donors (Lipinski definition) is 1. The zero-order chi connectivity index (χ0) is 11.4. The third-order valence-electron chi connectivity index (χ3n) is 2.47. The van der Waals surface area contributed by atoms with E-state index in [-0.39, 0.29) is 12.1 Å². The Labute approximate surface area is 90.0 Å². The number of hydrogen-bond acceptors (Lipinski definition) is 5. The molecule has 2 atom stereocenters. The molecule has 1 aromatic rings. The van der Waals surface area contributed by atoms with E-state index in [1.807, 2.05) is 6.92 Å². The molecular weight excluding hydrogens is 194 g/mol. The minimum absolute atomic E-state index is 0.0520. The molecule has 0 radical (unpaired) electrons. The molecule has 0 aliphatic carbocycles. The van der Waals surface area contributed by atoms with Crippen LogP contribution in [0.15, 0.2) is 4.52 Å². The summed E-state index contributed by atoms with van der Waals surface area (Å²) in [6.45, 7) is 6.01. The molecule has 0 bridgehead atoms. The molecule has 0 aliphatic rings. The fourth-order valence-corrected chi connectivity index (χ4v) is 1.06. The second kappa shape index (κ2) is 5.23. The number of methoxy groups -OCH3 is 1. The lowest BCUT2D eigenvalue weighted by Crippen LogP contribution is -2.28. The maximum Gasteiger partial charge on any atom is 0.228 e. The smallest absolute Gasteiger partial charge is 0.228 e. The summed E-state index contributed by atoms with van der Waals surface area (Å²) in [4.78, 5) is 4.22. The van der Waals surface area contributed by atoms with Gasteiger partial charge in [0.15, 0.2) is 5.82 Å². The minimum atomic E-state index is -0.141. The van der Waals surface area contributed by atoms with Crippen molar-refractivity contribution in [2.75, 3.05) is 7.11 Å². The molecule has 2 N–H and O–H groups in total. The van der Waals surface area contributed by atoms with Gasteiger partial charge >= 0.3 is 0 Å². The summed E-state index contributed by atoms with van der Waals surface area (Å²) >= 11 is 0. The Balaban J connectivity index is 2.60. The summed E-state index contributed by atoms with van der Waals surface area (Å²) in [5.41, 5.74) is 5.91. The van der Waals surface area contributed by atoms with E-state index in [0.29, 0.717) is 24.1 Å². The molecule has 1 aromatic heterocycles. The van der Waals surface area contributed by atoms with Gasteiger partial charge in [-0.3, -0.25) is 0 Å². The SMILES string of the molecule is COC(C)c1noc(CC(N)C(C)C)n1. The van der Waals surface area contributed by atoms with Gasteiger partial charge in [-0.25, -0.2) is 0 Å². The van der Waals surface area contributed by atoms with Crippen molar-refractivity contribution in [2.45, 2.75) is 39.3 Å². The van der Waals surface area contributed by atoms with Gasteiger partial charge in [0.2, 0.25) is 5.89 Å². The fraction of sp³-hybridized carbons (Fsp3) is 0.800. The summed E-state index contributed by atoms with van der Waals surface area (Å²) in [6.07, 6.45) is 0.471. The van der Waals surface area contributed by atoms with E-state index < -0.39 is 0 Å². The van der Waals surface area contributed by atoms with Gasteiger partial charge in [-0.05, 0) is 12.8 Å². The Morgan fingerprint density at radius 2 is 2.07 bits per heavy atom. The van der Waals surface area contributed by atoms with Crippen LogP contribution in [0.2, 0.25) is 0 Å². The Morgan fingerprint density at radius 3 is 2.60 bits per heavy atom. The normalized spacial score (nSPS) is 15.6. The molecule has 0 aromatic carbocycles. The van der Waals surface area contributed by atoms with Crippen LogP contribution in [0.1, 0.15) is 38.6 Å². The highest BCUT2D eigenvalue weighted by atomic mass is 16.5. The molecule has 0 saturated heterocycles. The lowest BCUT2D eigenvalue weighted by Gasteiger charge is -2.12. The van der Waals surface area contributed by atoms with Crippen molar-refractivity contribution in [1.82, 2.24) is 10.1 Å². The molecule has 0 saturated carbocycles. The second-order valence-electron chi connectivity index (χ2n) is 4.04. The first-order valence-electron chi connectivity index (χ1n) is 5.15. The molecule has 1 heterocycles. The molecule has 15 heavy (non-hydrogen) atoms.